The number of rotatable bonds is 4. The van der Waals surface area contributed by atoms with Crippen molar-refractivity contribution in [3.8, 4) is 0 Å². The van der Waals surface area contributed by atoms with E-state index < -0.39 is 5.97 Å². The number of hydrogen-bond acceptors (Lipinski definition) is 4. The molecule has 0 aliphatic carbocycles. The number of carbonyl (C=O) groups is 1. The average molecular weight is 214 g/mol. The zero-order valence-corrected chi connectivity index (χ0v) is 9.04. The van der Waals surface area contributed by atoms with Crippen LogP contribution in [0.2, 0.25) is 0 Å². The second-order valence-corrected chi connectivity index (χ2v) is 4.50. The van der Waals surface area contributed by atoms with Crippen LogP contribution in [0.15, 0.2) is 5.38 Å². The Morgan fingerprint density at radius 2 is 2.36 bits per heavy atom. The molecule has 0 aliphatic rings. The highest BCUT2D eigenvalue weighted by atomic mass is 32.1. The van der Waals surface area contributed by atoms with Gasteiger partial charge in [-0.2, -0.15) is 0 Å². The van der Waals surface area contributed by atoms with Gasteiger partial charge < -0.3 is 10.8 Å². The first kappa shape index (κ1) is 11.1. The van der Waals surface area contributed by atoms with E-state index in [1.54, 1.807) is 0 Å². The summed E-state index contributed by atoms with van der Waals surface area (Å²) in [4.78, 5) is 14.5. The van der Waals surface area contributed by atoms with Crippen LogP contribution in [-0.2, 0) is 0 Å². The summed E-state index contributed by atoms with van der Waals surface area (Å²) in [6.45, 7) is 4.15. The minimum absolute atomic E-state index is 0.0872. The molecule has 0 bridgehead atoms. The highest BCUT2D eigenvalue weighted by Gasteiger charge is 2.15. The van der Waals surface area contributed by atoms with Gasteiger partial charge in [0.2, 0.25) is 0 Å². The second kappa shape index (κ2) is 4.52. The lowest BCUT2D eigenvalue weighted by Gasteiger charge is -2.10. The third-order valence-electron chi connectivity index (χ3n) is 1.78. The fourth-order valence-corrected chi connectivity index (χ4v) is 1.97. The molecule has 1 rings (SSSR count). The molecule has 5 heteroatoms. The topological polar surface area (TPSA) is 76.2 Å². The highest BCUT2D eigenvalue weighted by Crippen LogP contribution is 2.22. The predicted octanol–water partition coefficient (Wildman–Crippen LogP) is 1.89. The van der Waals surface area contributed by atoms with E-state index in [4.69, 9.17) is 10.8 Å². The highest BCUT2D eigenvalue weighted by molar-refractivity contribution is 7.09. The molecule has 0 aromatic carbocycles. The fourth-order valence-electron chi connectivity index (χ4n) is 1.16. The number of nitrogens with zero attached hydrogens (tertiary/aromatic N) is 1. The third kappa shape index (κ3) is 2.78. The van der Waals surface area contributed by atoms with Crippen molar-refractivity contribution in [3.63, 3.8) is 0 Å². The van der Waals surface area contributed by atoms with Gasteiger partial charge in [0.05, 0.1) is 6.04 Å². The van der Waals surface area contributed by atoms with Crippen molar-refractivity contribution in [1.82, 2.24) is 4.98 Å². The van der Waals surface area contributed by atoms with E-state index in [1.165, 1.54) is 16.7 Å². The quantitative estimate of drug-likeness (QED) is 0.802. The maximum atomic E-state index is 10.6. The number of hydrogen-bond donors (Lipinski definition) is 2. The predicted molar refractivity (Wildman–Crippen MR) is 55.5 cm³/mol. The van der Waals surface area contributed by atoms with Crippen molar-refractivity contribution in [2.75, 3.05) is 0 Å². The van der Waals surface area contributed by atoms with Crippen LogP contribution in [0, 0.1) is 5.92 Å². The molecule has 1 atom stereocenters. The minimum Gasteiger partial charge on any atom is -0.476 e. The maximum Gasteiger partial charge on any atom is 0.355 e. The summed E-state index contributed by atoms with van der Waals surface area (Å²) in [5.74, 6) is -0.508. The molecule has 0 aliphatic heterocycles. The van der Waals surface area contributed by atoms with Crippen LogP contribution in [0.25, 0.3) is 0 Å². The first-order valence-electron chi connectivity index (χ1n) is 4.45. The number of aromatic carboxylic acids is 1. The molecular weight excluding hydrogens is 200 g/mol. The Bertz CT molecular complexity index is 322. The van der Waals surface area contributed by atoms with E-state index in [-0.39, 0.29) is 11.7 Å². The second-order valence-electron chi connectivity index (χ2n) is 3.61. The summed E-state index contributed by atoms with van der Waals surface area (Å²) < 4.78 is 0. The van der Waals surface area contributed by atoms with E-state index in [2.05, 4.69) is 18.8 Å². The first-order valence-corrected chi connectivity index (χ1v) is 5.33. The molecule has 4 nitrogen and oxygen atoms in total. The zero-order chi connectivity index (χ0) is 10.7. The van der Waals surface area contributed by atoms with Gasteiger partial charge in [0.25, 0.3) is 0 Å². The fraction of sp³-hybridized carbons (Fsp3) is 0.556. The maximum absolute atomic E-state index is 10.6. The Labute approximate surface area is 86.8 Å². The molecule has 0 saturated carbocycles. The lowest BCUT2D eigenvalue weighted by molar-refractivity contribution is 0.0691. The van der Waals surface area contributed by atoms with Gasteiger partial charge in [0.15, 0.2) is 5.69 Å². The van der Waals surface area contributed by atoms with E-state index in [1.807, 2.05) is 0 Å². The van der Waals surface area contributed by atoms with Crippen LogP contribution < -0.4 is 5.73 Å². The first-order chi connectivity index (χ1) is 6.50. The molecule has 1 aromatic heterocycles. The largest absolute Gasteiger partial charge is 0.476 e. The number of aromatic nitrogens is 1. The van der Waals surface area contributed by atoms with Gasteiger partial charge in [0.1, 0.15) is 5.01 Å². The molecular formula is C9H14N2O2S. The summed E-state index contributed by atoms with van der Waals surface area (Å²) in [5, 5.41) is 10.9. The van der Waals surface area contributed by atoms with E-state index >= 15 is 0 Å². The molecule has 1 heterocycles. The van der Waals surface area contributed by atoms with Gasteiger partial charge in [-0.1, -0.05) is 13.8 Å². The van der Waals surface area contributed by atoms with Crippen LogP contribution in [0.5, 0.6) is 0 Å². The molecule has 0 spiro atoms. The Balaban J connectivity index is 2.71. The van der Waals surface area contributed by atoms with Crippen LogP contribution in [0.4, 0.5) is 0 Å². The number of thiazole rings is 1. The number of nitrogens with two attached hydrogens (primary N) is 1. The SMILES string of the molecule is CC(C)CC(N)c1nc(C(=O)O)cs1. The van der Waals surface area contributed by atoms with Crippen molar-refractivity contribution in [2.45, 2.75) is 26.3 Å². The van der Waals surface area contributed by atoms with Gasteiger partial charge in [-0.25, -0.2) is 9.78 Å². The van der Waals surface area contributed by atoms with Crippen LogP contribution >= 0.6 is 11.3 Å². The van der Waals surface area contributed by atoms with Gasteiger partial charge in [-0.05, 0) is 12.3 Å². The molecule has 78 valence electrons. The number of carboxylic acid groups (broad SMARTS) is 1. The van der Waals surface area contributed by atoms with Gasteiger partial charge in [-0.15, -0.1) is 11.3 Å². The normalized spacial score (nSPS) is 13.1. The molecule has 14 heavy (non-hydrogen) atoms. The Hall–Kier alpha value is -0.940. The Kier molecular flexibility index (Phi) is 3.60. The summed E-state index contributed by atoms with van der Waals surface area (Å²) in [6, 6.07) is -0.145. The van der Waals surface area contributed by atoms with Crippen molar-refractivity contribution >= 4 is 17.3 Å². The molecule has 0 radical (unpaired) electrons. The van der Waals surface area contributed by atoms with Crippen molar-refractivity contribution in [3.05, 3.63) is 16.1 Å². The summed E-state index contributed by atoms with van der Waals surface area (Å²) >= 11 is 1.31. The molecule has 3 N–H and O–H groups in total. The lowest BCUT2D eigenvalue weighted by Crippen LogP contribution is -2.13. The van der Waals surface area contributed by atoms with Crippen molar-refractivity contribution < 1.29 is 9.90 Å². The zero-order valence-electron chi connectivity index (χ0n) is 8.23. The smallest absolute Gasteiger partial charge is 0.355 e. The summed E-state index contributed by atoms with van der Waals surface area (Å²) in [5.41, 5.74) is 5.95. The molecule has 0 saturated heterocycles. The Morgan fingerprint density at radius 3 is 2.79 bits per heavy atom. The number of carboxylic acids is 1. The van der Waals surface area contributed by atoms with Crippen LogP contribution in [0.3, 0.4) is 0 Å². The molecule has 1 unspecified atom stereocenters. The standard InChI is InChI=1S/C9H14N2O2S/c1-5(2)3-6(10)8-11-7(4-14-8)9(12)13/h4-6H,3,10H2,1-2H3,(H,12,13). The van der Waals surface area contributed by atoms with Gasteiger partial charge >= 0.3 is 5.97 Å². The van der Waals surface area contributed by atoms with Gasteiger partial charge in [0, 0.05) is 5.38 Å². The van der Waals surface area contributed by atoms with E-state index in [9.17, 15) is 4.79 Å². The minimum atomic E-state index is -0.996. The lowest BCUT2D eigenvalue weighted by atomic mass is 10.1. The molecule has 1 aromatic rings. The van der Waals surface area contributed by atoms with Crippen LogP contribution in [0.1, 0.15) is 41.8 Å². The monoisotopic (exact) mass is 214 g/mol. The van der Waals surface area contributed by atoms with Gasteiger partial charge in [-0.3, -0.25) is 0 Å². The summed E-state index contributed by atoms with van der Waals surface area (Å²) in [7, 11) is 0. The molecule has 0 fully saturated rings. The van der Waals surface area contributed by atoms with Crippen molar-refractivity contribution in [1.29, 1.82) is 0 Å². The Morgan fingerprint density at radius 1 is 1.71 bits per heavy atom. The third-order valence-corrected chi connectivity index (χ3v) is 2.76. The van der Waals surface area contributed by atoms with E-state index in [0.717, 1.165) is 6.42 Å². The van der Waals surface area contributed by atoms with Crippen molar-refractivity contribution in [2.24, 2.45) is 11.7 Å². The molecule has 0 amide bonds. The summed E-state index contributed by atoms with van der Waals surface area (Å²) in [6.07, 6.45) is 0.826. The average Bonchev–Trinajstić information content (AvgIpc) is 2.50. The van der Waals surface area contributed by atoms with E-state index in [0.29, 0.717) is 10.9 Å². The van der Waals surface area contributed by atoms with Crippen LogP contribution in [-0.4, -0.2) is 16.1 Å².